The van der Waals surface area contributed by atoms with Crippen LogP contribution in [0.4, 0.5) is 0 Å². The topological polar surface area (TPSA) is 50.6 Å². The predicted molar refractivity (Wildman–Crippen MR) is 92.7 cm³/mol. The summed E-state index contributed by atoms with van der Waals surface area (Å²) < 4.78 is 7.32. The molecule has 0 spiro atoms. The molecule has 24 heavy (non-hydrogen) atoms. The Kier molecular flexibility index (Phi) is 5.89. The molecule has 134 valence electrons. The molecule has 1 aromatic rings. The van der Waals surface area contributed by atoms with Crippen LogP contribution in [0.25, 0.3) is 0 Å². The first-order valence-electron chi connectivity index (χ1n) is 9.16. The summed E-state index contributed by atoms with van der Waals surface area (Å²) in [4.78, 5) is 16.9. The van der Waals surface area contributed by atoms with E-state index in [1.54, 1.807) is 0 Å². The third-order valence-electron chi connectivity index (χ3n) is 5.36. The summed E-state index contributed by atoms with van der Waals surface area (Å²) >= 11 is 0. The minimum Gasteiger partial charge on any atom is -0.381 e. The molecule has 3 rings (SSSR count). The zero-order valence-electron chi connectivity index (χ0n) is 15.0. The van der Waals surface area contributed by atoms with E-state index in [1.165, 1.54) is 6.42 Å². The molecule has 1 aromatic heterocycles. The third-order valence-corrected chi connectivity index (χ3v) is 5.36. The van der Waals surface area contributed by atoms with Crippen molar-refractivity contribution >= 4 is 5.91 Å². The highest BCUT2D eigenvalue weighted by Crippen LogP contribution is 2.20. The van der Waals surface area contributed by atoms with Crippen LogP contribution in [0.2, 0.25) is 0 Å². The number of carbonyl (C=O) groups excluding carboxylic acids is 1. The highest BCUT2D eigenvalue weighted by atomic mass is 16.5. The van der Waals surface area contributed by atoms with Gasteiger partial charge in [0.25, 0.3) is 0 Å². The Morgan fingerprint density at radius 1 is 1.38 bits per heavy atom. The Bertz CT molecular complexity index is 531. The molecule has 1 amide bonds. The molecule has 6 heteroatoms. The van der Waals surface area contributed by atoms with Gasteiger partial charge in [-0.25, -0.2) is 0 Å². The number of likely N-dealkylation sites (tertiary alicyclic amines) is 1. The van der Waals surface area contributed by atoms with Gasteiger partial charge in [0.1, 0.15) is 0 Å². The van der Waals surface area contributed by atoms with Crippen LogP contribution in [-0.2, 0) is 16.1 Å². The lowest BCUT2D eigenvalue weighted by Gasteiger charge is -2.37. The number of aryl methyl sites for hydroxylation is 2. The fourth-order valence-corrected chi connectivity index (χ4v) is 3.76. The number of hydrogen-bond donors (Lipinski definition) is 0. The van der Waals surface area contributed by atoms with E-state index in [0.29, 0.717) is 24.9 Å². The second-order valence-corrected chi connectivity index (χ2v) is 7.30. The smallest absolute Gasteiger partial charge is 0.224 e. The Hall–Kier alpha value is -1.40. The van der Waals surface area contributed by atoms with E-state index in [-0.39, 0.29) is 5.91 Å². The van der Waals surface area contributed by atoms with Crippen LogP contribution in [0.5, 0.6) is 0 Å². The molecule has 1 atom stereocenters. The largest absolute Gasteiger partial charge is 0.381 e. The summed E-state index contributed by atoms with van der Waals surface area (Å²) in [6, 6.07) is 0.382. The molecule has 0 radical (unpaired) electrons. The molecular formula is C18H30N4O2. The standard InChI is InChI=1S/C18H30N4O2/c1-15-11-19-22(12-15)9-5-18(23)20(2)17-3-7-21(8-4-17)13-16-6-10-24-14-16/h11-12,16-17H,3-10,13-14H2,1-2H3. The number of hydrogen-bond acceptors (Lipinski definition) is 4. The molecule has 2 aliphatic heterocycles. The Labute approximate surface area is 144 Å². The van der Waals surface area contributed by atoms with Crippen molar-refractivity contribution in [3.63, 3.8) is 0 Å². The van der Waals surface area contributed by atoms with E-state index in [2.05, 4.69) is 10.00 Å². The number of piperidine rings is 1. The molecule has 0 aliphatic carbocycles. The Balaban J connectivity index is 1.39. The first-order valence-corrected chi connectivity index (χ1v) is 9.16. The molecule has 2 fully saturated rings. The van der Waals surface area contributed by atoms with Gasteiger partial charge in [-0.05, 0) is 37.7 Å². The van der Waals surface area contributed by atoms with Crippen molar-refractivity contribution in [3.05, 3.63) is 18.0 Å². The second-order valence-electron chi connectivity index (χ2n) is 7.30. The fourth-order valence-electron chi connectivity index (χ4n) is 3.76. The quantitative estimate of drug-likeness (QED) is 0.792. The van der Waals surface area contributed by atoms with Crippen molar-refractivity contribution in [3.8, 4) is 0 Å². The molecule has 1 unspecified atom stereocenters. The van der Waals surface area contributed by atoms with Gasteiger partial charge in [0.2, 0.25) is 5.91 Å². The molecule has 2 aliphatic rings. The maximum atomic E-state index is 12.4. The van der Waals surface area contributed by atoms with Crippen LogP contribution < -0.4 is 0 Å². The van der Waals surface area contributed by atoms with Gasteiger partial charge < -0.3 is 14.5 Å². The van der Waals surface area contributed by atoms with E-state index in [1.807, 2.05) is 35.9 Å². The minimum atomic E-state index is 0.228. The van der Waals surface area contributed by atoms with Gasteiger partial charge in [-0.15, -0.1) is 0 Å². The van der Waals surface area contributed by atoms with E-state index < -0.39 is 0 Å². The highest BCUT2D eigenvalue weighted by Gasteiger charge is 2.27. The van der Waals surface area contributed by atoms with Crippen molar-refractivity contribution in [2.45, 2.75) is 45.2 Å². The van der Waals surface area contributed by atoms with Gasteiger partial charge >= 0.3 is 0 Å². The first kappa shape index (κ1) is 17.4. The average Bonchev–Trinajstić information content (AvgIpc) is 3.24. The number of aromatic nitrogens is 2. The van der Waals surface area contributed by atoms with Crippen LogP contribution >= 0.6 is 0 Å². The Morgan fingerprint density at radius 2 is 2.17 bits per heavy atom. The molecule has 0 saturated carbocycles. The van der Waals surface area contributed by atoms with Crippen LogP contribution in [-0.4, -0.2) is 71.4 Å². The lowest BCUT2D eigenvalue weighted by Crippen LogP contribution is -2.46. The first-order chi connectivity index (χ1) is 11.6. The zero-order chi connectivity index (χ0) is 16.9. The summed E-state index contributed by atoms with van der Waals surface area (Å²) in [6.45, 7) is 7.87. The van der Waals surface area contributed by atoms with Crippen LogP contribution in [0, 0.1) is 12.8 Å². The van der Waals surface area contributed by atoms with E-state index in [9.17, 15) is 4.79 Å². The number of amides is 1. The number of rotatable bonds is 6. The van der Waals surface area contributed by atoms with Gasteiger partial charge in [-0.3, -0.25) is 9.48 Å². The summed E-state index contributed by atoms with van der Waals surface area (Å²) in [7, 11) is 1.96. The summed E-state index contributed by atoms with van der Waals surface area (Å²) in [5, 5.41) is 4.25. The van der Waals surface area contributed by atoms with Crippen molar-refractivity contribution in [1.29, 1.82) is 0 Å². The molecule has 0 bridgehead atoms. The molecule has 6 nitrogen and oxygen atoms in total. The van der Waals surface area contributed by atoms with Crippen molar-refractivity contribution < 1.29 is 9.53 Å². The molecule has 0 aromatic carbocycles. The fraction of sp³-hybridized carbons (Fsp3) is 0.778. The number of carbonyl (C=O) groups is 1. The SMILES string of the molecule is Cc1cnn(CCC(=O)N(C)C2CCN(CC3CCOC3)CC2)c1. The van der Waals surface area contributed by atoms with Gasteiger partial charge in [-0.2, -0.15) is 5.10 Å². The normalized spacial score (nSPS) is 22.8. The molecule has 0 N–H and O–H groups in total. The van der Waals surface area contributed by atoms with Gasteiger partial charge in [0.15, 0.2) is 0 Å². The number of nitrogens with zero attached hydrogens (tertiary/aromatic N) is 4. The van der Waals surface area contributed by atoms with Crippen molar-refractivity contribution in [2.75, 3.05) is 39.9 Å². The van der Waals surface area contributed by atoms with Crippen LogP contribution in [0.1, 0.15) is 31.2 Å². The zero-order valence-corrected chi connectivity index (χ0v) is 15.0. The van der Waals surface area contributed by atoms with Crippen LogP contribution in [0.3, 0.4) is 0 Å². The van der Waals surface area contributed by atoms with Gasteiger partial charge in [0.05, 0.1) is 12.8 Å². The maximum Gasteiger partial charge on any atom is 0.224 e. The summed E-state index contributed by atoms with van der Waals surface area (Å²) in [5.74, 6) is 0.934. The lowest BCUT2D eigenvalue weighted by atomic mass is 10.0. The molecule has 3 heterocycles. The Morgan fingerprint density at radius 3 is 2.79 bits per heavy atom. The highest BCUT2D eigenvalue weighted by molar-refractivity contribution is 5.76. The van der Waals surface area contributed by atoms with Gasteiger partial charge in [-0.1, -0.05) is 0 Å². The summed E-state index contributed by atoms with van der Waals surface area (Å²) in [6.07, 6.45) is 7.70. The van der Waals surface area contributed by atoms with E-state index >= 15 is 0 Å². The van der Waals surface area contributed by atoms with Crippen molar-refractivity contribution in [1.82, 2.24) is 19.6 Å². The van der Waals surface area contributed by atoms with Gasteiger partial charge in [0, 0.05) is 58.5 Å². The third kappa shape index (κ3) is 4.57. The maximum absolute atomic E-state index is 12.4. The van der Waals surface area contributed by atoms with E-state index in [4.69, 9.17) is 4.74 Å². The van der Waals surface area contributed by atoms with Crippen LogP contribution in [0.15, 0.2) is 12.4 Å². The number of ether oxygens (including phenoxy) is 1. The van der Waals surface area contributed by atoms with E-state index in [0.717, 1.165) is 51.3 Å². The molecule has 2 saturated heterocycles. The second kappa shape index (κ2) is 8.12. The summed E-state index contributed by atoms with van der Waals surface area (Å²) in [5.41, 5.74) is 1.14. The predicted octanol–water partition coefficient (Wildman–Crippen LogP) is 1.54. The molecular weight excluding hydrogens is 304 g/mol. The minimum absolute atomic E-state index is 0.228. The monoisotopic (exact) mass is 334 g/mol. The lowest BCUT2D eigenvalue weighted by molar-refractivity contribution is -0.133. The average molecular weight is 334 g/mol. The van der Waals surface area contributed by atoms with Crippen molar-refractivity contribution in [2.24, 2.45) is 5.92 Å².